The third kappa shape index (κ3) is 4.04. The molecular formula is C26H23F6NO3. The predicted molar refractivity (Wildman–Crippen MR) is 117 cm³/mol. The van der Waals surface area contributed by atoms with Gasteiger partial charge in [0.25, 0.3) is 0 Å². The number of hydrogen-bond donors (Lipinski definition) is 1. The number of carbonyl (C=O) groups excluding carboxylic acids is 1. The van der Waals surface area contributed by atoms with Crippen molar-refractivity contribution in [3.8, 4) is 11.6 Å². The second-order valence-electron chi connectivity index (χ2n) is 9.70. The van der Waals surface area contributed by atoms with Gasteiger partial charge in [0.05, 0.1) is 11.1 Å². The number of ketones is 1. The molecule has 1 N–H and O–H groups in total. The number of halogens is 6. The van der Waals surface area contributed by atoms with Gasteiger partial charge in [-0.05, 0) is 73.3 Å². The maximum atomic E-state index is 13.5. The standard InChI is InChI=1S/C26H23F6NO3/c1-2-12-7-8-16(36-24-18(26(30,31)32)9-15(11-33-24)25(27,28)29)10-17(12)21-22(34)19-13-3-4-14(6-5-13)20(19)23(21)35/h7-11,13-14,19-20,34H,2-6H2,1H3. The van der Waals surface area contributed by atoms with E-state index in [2.05, 4.69) is 4.98 Å². The number of aromatic nitrogens is 1. The SMILES string of the molecule is CCc1ccc(Oc2ncc(C(F)(F)F)cc2C(F)(F)F)cc1C1=C(O)C2C3CCC(CC3)C2C1=O. The Bertz CT molecular complexity index is 1240. The monoisotopic (exact) mass is 511 g/mol. The molecule has 6 rings (SSSR count). The first-order valence-corrected chi connectivity index (χ1v) is 11.8. The fourth-order valence-corrected chi connectivity index (χ4v) is 6.11. The van der Waals surface area contributed by atoms with Gasteiger partial charge in [0.2, 0.25) is 5.88 Å². The quantitative estimate of drug-likeness (QED) is 0.435. The van der Waals surface area contributed by atoms with E-state index in [9.17, 15) is 36.2 Å². The van der Waals surface area contributed by atoms with E-state index < -0.39 is 29.4 Å². The highest BCUT2D eigenvalue weighted by Gasteiger charge is 2.54. The first-order valence-electron chi connectivity index (χ1n) is 11.8. The van der Waals surface area contributed by atoms with Gasteiger partial charge in [0, 0.05) is 18.0 Å². The van der Waals surface area contributed by atoms with Gasteiger partial charge in [0.1, 0.15) is 17.1 Å². The molecule has 0 saturated heterocycles. The summed E-state index contributed by atoms with van der Waals surface area (Å²) in [6.07, 6.45) is -5.64. The highest BCUT2D eigenvalue weighted by Crippen LogP contribution is 2.57. The van der Waals surface area contributed by atoms with Crippen LogP contribution in [0.4, 0.5) is 26.3 Å². The number of rotatable bonds is 4. The molecule has 3 saturated carbocycles. The summed E-state index contributed by atoms with van der Waals surface area (Å²) in [5, 5.41) is 11.1. The number of hydrogen-bond acceptors (Lipinski definition) is 4. The number of alkyl halides is 6. The summed E-state index contributed by atoms with van der Waals surface area (Å²) in [6.45, 7) is 1.84. The number of aryl methyl sites for hydroxylation is 1. The van der Waals surface area contributed by atoms with Gasteiger partial charge in [-0.25, -0.2) is 4.98 Å². The minimum absolute atomic E-state index is 0.0230. The van der Waals surface area contributed by atoms with Crippen LogP contribution in [0.25, 0.3) is 5.57 Å². The molecule has 2 unspecified atom stereocenters. The van der Waals surface area contributed by atoms with Gasteiger partial charge in [0.15, 0.2) is 5.78 Å². The van der Waals surface area contributed by atoms with Crippen LogP contribution in [0.2, 0.25) is 0 Å². The molecule has 2 bridgehead atoms. The van der Waals surface area contributed by atoms with E-state index in [1.54, 1.807) is 6.07 Å². The zero-order valence-corrected chi connectivity index (χ0v) is 19.2. The smallest absolute Gasteiger partial charge is 0.421 e. The van der Waals surface area contributed by atoms with E-state index in [-0.39, 0.29) is 58.8 Å². The molecule has 1 aromatic heterocycles. The Morgan fingerprint density at radius 1 is 0.972 bits per heavy atom. The molecule has 0 aliphatic heterocycles. The van der Waals surface area contributed by atoms with Crippen molar-refractivity contribution in [1.29, 1.82) is 0 Å². The minimum atomic E-state index is -5.15. The maximum Gasteiger partial charge on any atom is 0.421 e. The number of pyridine rings is 1. The molecule has 10 heteroatoms. The molecule has 4 aliphatic rings. The molecule has 1 aromatic carbocycles. The Balaban J connectivity index is 1.55. The van der Waals surface area contributed by atoms with Gasteiger partial charge in [-0.2, -0.15) is 26.3 Å². The summed E-state index contributed by atoms with van der Waals surface area (Å²) < 4.78 is 84.9. The first kappa shape index (κ1) is 24.6. The largest absolute Gasteiger partial charge is 0.511 e. The molecule has 1 heterocycles. The molecule has 2 atom stereocenters. The van der Waals surface area contributed by atoms with Gasteiger partial charge >= 0.3 is 12.4 Å². The number of carbonyl (C=O) groups is 1. The van der Waals surface area contributed by atoms with E-state index in [0.29, 0.717) is 17.5 Å². The van der Waals surface area contributed by atoms with Gasteiger partial charge in [-0.15, -0.1) is 0 Å². The zero-order valence-electron chi connectivity index (χ0n) is 19.2. The van der Waals surface area contributed by atoms with Crippen molar-refractivity contribution in [3.63, 3.8) is 0 Å². The van der Waals surface area contributed by atoms with E-state index >= 15 is 0 Å². The van der Waals surface area contributed by atoms with Crippen molar-refractivity contribution in [2.45, 2.75) is 51.4 Å². The number of allylic oxidation sites excluding steroid dienone is 2. The van der Waals surface area contributed by atoms with Crippen LogP contribution in [0.3, 0.4) is 0 Å². The summed E-state index contributed by atoms with van der Waals surface area (Å²) in [6, 6.07) is 4.27. The van der Waals surface area contributed by atoms with Gasteiger partial charge < -0.3 is 9.84 Å². The Labute approximate surface area is 203 Å². The first-order chi connectivity index (χ1) is 16.9. The summed E-state index contributed by atoms with van der Waals surface area (Å²) in [4.78, 5) is 16.8. The van der Waals surface area contributed by atoms with Crippen molar-refractivity contribution in [2.75, 3.05) is 0 Å². The maximum absolute atomic E-state index is 13.5. The van der Waals surface area contributed by atoms with Crippen molar-refractivity contribution >= 4 is 11.4 Å². The van der Waals surface area contributed by atoms with Gasteiger partial charge in [-0.3, -0.25) is 4.79 Å². The van der Waals surface area contributed by atoms with Crippen LogP contribution in [0.1, 0.15) is 54.9 Å². The molecule has 2 aromatic rings. The highest BCUT2D eigenvalue weighted by atomic mass is 19.4. The van der Waals surface area contributed by atoms with Crippen LogP contribution in [-0.2, 0) is 23.6 Å². The van der Waals surface area contributed by atoms with E-state index in [1.807, 2.05) is 6.92 Å². The predicted octanol–water partition coefficient (Wildman–Crippen LogP) is 7.38. The lowest BCUT2D eigenvalue weighted by Crippen LogP contribution is -2.41. The average molecular weight is 511 g/mol. The van der Waals surface area contributed by atoms with Crippen LogP contribution in [-0.4, -0.2) is 15.9 Å². The molecule has 4 aliphatic carbocycles. The number of ether oxygens (including phenoxy) is 1. The van der Waals surface area contributed by atoms with Crippen molar-refractivity contribution < 1.29 is 41.0 Å². The van der Waals surface area contributed by atoms with Crippen molar-refractivity contribution in [1.82, 2.24) is 4.98 Å². The third-order valence-electron chi connectivity index (χ3n) is 7.77. The number of benzene rings is 1. The molecule has 0 amide bonds. The summed E-state index contributed by atoms with van der Waals surface area (Å²) >= 11 is 0. The highest BCUT2D eigenvalue weighted by molar-refractivity contribution is 6.25. The number of fused-ring (bicyclic) bond motifs is 2. The van der Waals surface area contributed by atoms with E-state index in [1.165, 1.54) is 12.1 Å². The lowest BCUT2D eigenvalue weighted by Gasteiger charge is -2.44. The van der Waals surface area contributed by atoms with Crippen molar-refractivity contribution in [3.05, 3.63) is 58.5 Å². The lowest BCUT2D eigenvalue weighted by atomic mass is 9.59. The van der Waals surface area contributed by atoms with Crippen LogP contribution < -0.4 is 4.74 Å². The summed E-state index contributed by atoms with van der Waals surface area (Å²) in [5.74, 6) is -1.44. The Morgan fingerprint density at radius 2 is 1.61 bits per heavy atom. The number of aliphatic hydroxyl groups excluding tert-OH is 1. The number of nitrogens with zero attached hydrogens (tertiary/aromatic N) is 1. The summed E-state index contributed by atoms with van der Waals surface area (Å²) in [7, 11) is 0. The Morgan fingerprint density at radius 3 is 2.17 bits per heavy atom. The molecule has 36 heavy (non-hydrogen) atoms. The van der Waals surface area contributed by atoms with Gasteiger partial charge in [-0.1, -0.05) is 13.0 Å². The Hall–Kier alpha value is -3.04. The molecule has 4 nitrogen and oxygen atoms in total. The second-order valence-corrected chi connectivity index (χ2v) is 9.70. The topological polar surface area (TPSA) is 59.4 Å². The van der Waals surface area contributed by atoms with Crippen LogP contribution in [0, 0.1) is 23.7 Å². The van der Waals surface area contributed by atoms with E-state index in [4.69, 9.17) is 4.74 Å². The van der Waals surface area contributed by atoms with Crippen LogP contribution in [0.15, 0.2) is 36.2 Å². The van der Waals surface area contributed by atoms with Crippen molar-refractivity contribution in [2.24, 2.45) is 23.7 Å². The van der Waals surface area contributed by atoms with Crippen LogP contribution >= 0.6 is 0 Å². The normalized spacial score (nSPS) is 25.9. The second kappa shape index (κ2) is 8.52. The Kier molecular flexibility index (Phi) is 5.83. The zero-order chi connectivity index (χ0) is 26.0. The average Bonchev–Trinajstić information content (AvgIpc) is 3.11. The number of aliphatic hydroxyl groups is 1. The van der Waals surface area contributed by atoms with E-state index in [0.717, 1.165) is 25.7 Å². The third-order valence-corrected chi connectivity index (χ3v) is 7.77. The molecule has 3 fully saturated rings. The number of Topliss-reactive ketones (excluding diaryl/α,β-unsaturated/α-hetero) is 1. The lowest BCUT2D eigenvalue weighted by molar-refractivity contribution is -0.144. The summed E-state index contributed by atoms with van der Waals surface area (Å²) in [5.41, 5.74) is -1.98. The fraction of sp³-hybridized carbons (Fsp3) is 0.462. The fourth-order valence-electron chi connectivity index (χ4n) is 6.11. The molecule has 0 radical (unpaired) electrons. The molecule has 192 valence electrons. The van der Waals surface area contributed by atoms with Crippen LogP contribution in [0.5, 0.6) is 11.6 Å². The minimum Gasteiger partial charge on any atom is -0.511 e. The molecule has 0 spiro atoms. The molecular weight excluding hydrogens is 488 g/mol.